The van der Waals surface area contributed by atoms with Crippen LogP contribution in [0.25, 0.3) is 5.69 Å². The first-order chi connectivity index (χ1) is 10.5. The number of aryl methyl sites for hydroxylation is 2. The van der Waals surface area contributed by atoms with Crippen LogP contribution in [0, 0.1) is 0 Å². The van der Waals surface area contributed by atoms with Gasteiger partial charge in [-0.2, -0.15) is 18.4 Å². The highest BCUT2D eigenvalue weighted by Crippen LogP contribution is 2.27. The maximum Gasteiger partial charge on any atom is 0.433 e. The van der Waals surface area contributed by atoms with E-state index < -0.39 is 11.9 Å². The number of aromatic nitrogens is 8. The second-order valence-corrected chi connectivity index (χ2v) is 4.38. The minimum Gasteiger partial charge on any atom is -0.250 e. The molecule has 0 aliphatic rings. The molecule has 0 aliphatic carbocycles. The number of nitrogens with one attached hydrogen (secondary N) is 1. The minimum atomic E-state index is -4.46. The van der Waals surface area contributed by atoms with Gasteiger partial charge in [-0.25, -0.2) is 9.67 Å². The molecular weight excluding hydrogens is 301 g/mol. The molecule has 3 rings (SSSR count). The summed E-state index contributed by atoms with van der Waals surface area (Å²) in [6, 6.07) is 2.18. The molecule has 8 nitrogen and oxygen atoms in total. The van der Waals surface area contributed by atoms with Gasteiger partial charge in [0.2, 0.25) is 0 Å². The number of nitrogens with zero attached hydrogens (tertiary/aromatic N) is 7. The number of aromatic amines is 1. The lowest BCUT2D eigenvalue weighted by atomic mass is 10.2. The Hall–Kier alpha value is -2.85. The van der Waals surface area contributed by atoms with Crippen molar-refractivity contribution >= 4 is 0 Å². The minimum absolute atomic E-state index is 0.395. The number of hydrogen-bond donors (Lipinski definition) is 1. The molecule has 3 heterocycles. The van der Waals surface area contributed by atoms with E-state index in [0.717, 1.165) is 12.3 Å². The predicted molar refractivity (Wildman–Crippen MR) is 65.7 cm³/mol. The Morgan fingerprint density at radius 2 is 2.00 bits per heavy atom. The highest BCUT2D eigenvalue weighted by Gasteiger charge is 2.32. The Kier molecular flexibility index (Phi) is 3.53. The van der Waals surface area contributed by atoms with Gasteiger partial charge in [0.25, 0.3) is 0 Å². The third-order valence-corrected chi connectivity index (χ3v) is 2.84. The Balaban J connectivity index is 1.70. The molecule has 11 heteroatoms. The van der Waals surface area contributed by atoms with Gasteiger partial charge in [0.15, 0.2) is 5.82 Å². The van der Waals surface area contributed by atoms with E-state index in [1.54, 1.807) is 6.20 Å². The van der Waals surface area contributed by atoms with E-state index in [0.29, 0.717) is 30.0 Å². The highest BCUT2D eigenvalue weighted by atomic mass is 19.4. The summed E-state index contributed by atoms with van der Waals surface area (Å²) in [6.07, 6.45) is -0.685. The molecule has 0 saturated heterocycles. The van der Waals surface area contributed by atoms with E-state index in [1.165, 1.54) is 10.7 Å². The van der Waals surface area contributed by atoms with Gasteiger partial charge in [-0.15, -0.1) is 15.3 Å². The molecule has 3 aromatic heterocycles. The van der Waals surface area contributed by atoms with Crippen molar-refractivity contribution in [3.8, 4) is 5.69 Å². The standard InChI is InChI=1S/C11H9F3N8/c12-11(13,14)9-3-2-8(5-15-9)22-6-7(16-21-22)1-4-10-17-19-20-18-10/h2-3,5-6H,1,4H2,(H,17,18,19,20). The normalized spacial score (nSPS) is 11.8. The third kappa shape index (κ3) is 3.07. The average Bonchev–Trinajstić information content (AvgIpc) is 3.16. The number of tetrazole rings is 1. The third-order valence-electron chi connectivity index (χ3n) is 2.84. The topological polar surface area (TPSA) is 98.1 Å². The van der Waals surface area contributed by atoms with E-state index in [9.17, 15) is 13.2 Å². The van der Waals surface area contributed by atoms with Crippen molar-refractivity contribution in [3.63, 3.8) is 0 Å². The molecular formula is C11H9F3N8. The summed E-state index contributed by atoms with van der Waals surface area (Å²) < 4.78 is 38.7. The van der Waals surface area contributed by atoms with Crippen molar-refractivity contribution in [2.45, 2.75) is 19.0 Å². The summed E-state index contributed by atoms with van der Waals surface area (Å²) in [5.74, 6) is 0.547. The lowest BCUT2D eigenvalue weighted by Gasteiger charge is -2.05. The molecule has 22 heavy (non-hydrogen) atoms. The molecule has 0 amide bonds. The summed E-state index contributed by atoms with van der Waals surface area (Å²) in [7, 11) is 0. The van der Waals surface area contributed by atoms with Crippen molar-refractivity contribution in [1.29, 1.82) is 0 Å². The predicted octanol–water partition coefficient (Wildman–Crippen LogP) is 0.979. The van der Waals surface area contributed by atoms with Gasteiger partial charge in [0.1, 0.15) is 5.69 Å². The molecule has 3 aromatic rings. The molecule has 0 saturated carbocycles. The molecule has 114 valence electrons. The number of H-pyrrole nitrogens is 1. The highest BCUT2D eigenvalue weighted by molar-refractivity contribution is 5.29. The van der Waals surface area contributed by atoms with Crippen LogP contribution in [0.5, 0.6) is 0 Å². The molecule has 0 aromatic carbocycles. The van der Waals surface area contributed by atoms with Crippen molar-refractivity contribution < 1.29 is 13.2 Å². The number of halogens is 3. The van der Waals surface area contributed by atoms with Gasteiger partial charge < -0.3 is 0 Å². The summed E-state index contributed by atoms with van der Waals surface area (Å²) in [4.78, 5) is 3.38. The molecule has 0 radical (unpaired) electrons. The maximum atomic E-state index is 12.4. The second kappa shape index (κ2) is 5.50. The Bertz CT molecular complexity index is 732. The van der Waals surface area contributed by atoms with E-state index in [2.05, 4.69) is 35.9 Å². The monoisotopic (exact) mass is 310 g/mol. The first kappa shape index (κ1) is 14.1. The van der Waals surface area contributed by atoms with Gasteiger partial charge in [-0.1, -0.05) is 10.4 Å². The van der Waals surface area contributed by atoms with Gasteiger partial charge in [-0.05, 0) is 12.1 Å². The number of hydrogen-bond acceptors (Lipinski definition) is 6. The first-order valence-electron chi connectivity index (χ1n) is 6.19. The fourth-order valence-electron chi connectivity index (χ4n) is 1.76. The van der Waals surface area contributed by atoms with Crippen LogP contribution in [0.1, 0.15) is 17.2 Å². The fraction of sp³-hybridized carbons (Fsp3) is 0.273. The zero-order valence-electron chi connectivity index (χ0n) is 11.0. The molecule has 0 fully saturated rings. The van der Waals surface area contributed by atoms with Crippen LogP contribution in [0.15, 0.2) is 24.5 Å². The van der Waals surface area contributed by atoms with Crippen LogP contribution < -0.4 is 0 Å². The molecule has 0 spiro atoms. The van der Waals surface area contributed by atoms with E-state index in [1.807, 2.05) is 0 Å². The molecule has 0 aliphatic heterocycles. The van der Waals surface area contributed by atoms with Crippen LogP contribution in [0.3, 0.4) is 0 Å². The van der Waals surface area contributed by atoms with Gasteiger partial charge in [0.05, 0.1) is 23.8 Å². The molecule has 0 unspecified atom stereocenters. The quantitative estimate of drug-likeness (QED) is 0.771. The van der Waals surface area contributed by atoms with Crippen LogP contribution >= 0.6 is 0 Å². The summed E-state index contributed by atoms with van der Waals surface area (Å²) in [5, 5.41) is 21.2. The van der Waals surface area contributed by atoms with Crippen LogP contribution in [-0.4, -0.2) is 40.6 Å². The maximum absolute atomic E-state index is 12.4. The fourth-order valence-corrected chi connectivity index (χ4v) is 1.76. The molecule has 0 bridgehead atoms. The van der Waals surface area contributed by atoms with Crippen LogP contribution in [-0.2, 0) is 19.0 Å². The van der Waals surface area contributed by atoms with Crippen LogP contribution in [0.4, 0.5) is 13.2 Å². The second-order valence-electron chi connectivity index (χ2n) is 4.38. The summed E-state index contributed by atoms with van der Waals surface area (Å²) in [6.45, 7) is 0. The first-order valence-corrected chi connectivity index (χ1v) is 6.19. The SMILES string of the molecule is FC(F)(F)c1ccc(-n2cc(CCc3nn[nH]n3)nn2)cn1. The van der Waals surface area contributed by atoms with Crippen molar-refractivity contribution in [1.82, 2.24) is 40.6 Å². The Morgan fingerprint density at radius 1 is 1.14 bits per heavy atom. The lowest BCUT2D eigenvalue weighted by Crippen LogP contribution is -2.08. The van der Waals surface area contributed by atoms with Gasteiger partial charge in [0, 0.05) is 12.8 Å². The van der Waals surface area contributed by atoms with Crippen LogP contribution in [0.2, 0.25) is 0 Å². The molecule has 1 N–H and O–H groups in total. The average molecular weight is 310 g/mol. The van der Waals surface area contributed by atoms with E-state index >= 15 is 0 Å². The number of alkyl halides is 3. The Morgan fingerprint density at radius 3 is 2.64 bits per heavy atom. The smallest absolute Gasteiger partial charge is 0.250 e. The number of pyridine rings is 1. The summed E-state index contributed by atoms with van der Waals surface area (Å²) in [5.41, 5.74) is 0.102. The van der Waals surface area contributed by atoms with E-state index in [4.69, 9.17) is 0 Å². The van der Waals surface area contributed by atoms with E-state index in [-0.39, 0.29) is 0 Å². The largest absolute Gasteiger partial charge is 0.433 e. The van der Waals surface area contributed by atoms with Crippen molar-refractivity contribution in [2.75, 3.05) is 0 Å². The summed E-state index contributed by atoms with van der Waals surface area (Å²) >= 11 is 0. The van der Waals surface area contributed by atoms with Crippen molar-refractivity contribution in [3.05, 3.63) is 41.7 Å². The zero-order chi connectivity index (χ0) is 15.6. The van der Waals surface area contributed by atoms with Gasteiger partial charge in [-0.3, -0.25) is 0 Å². The Labute approximate surface area is 121 Å². The zero-order valence-corrected chi connectivity index (χ0v) is 11.0. The molecule has 0 atom stereocenters. The number of rotatable bonds is 4. The van der Waals surface area contributed by atoms with Crippen molar-refractivity contribution in [2.24, 2.45) is 0 Å². The lowest BCUT2D eigenvalue weighted by molar-refractivity contribution is -0.141. The van der Waals surface area contributed by atoms with Gasteiger partial charge >= 0.3 is 6.18 Å².